The van der Waals surface area contributed by atoms with E-state index in [1.54, 1.807) is 17.4 Å². The van der Waals surface area contributed by atoms with Gasteiger partial charge in [-0.3, -0.25) is 9.69 Å². The van der Waals surface area contributed by atoms with Gasteiger partial charge >= 0.3 is 0 Å². The molecule has 0 bridgehead atoms. The Morgan fingerprint density at radius 3 is 3.08 bits per heavy atom. The van der Waals surface area contributed by atoms with E-state index in [1.165, 1.54) is 5.56 Å². The Morgan fingerprint density at radius 2 is 2.33 bits per heavy atom. The number of nitrogens with zero attached hydrogens (tertiary/aromatic N) is 3. The fraction of sp³-hybridized carbons (Fsp3) is 0.368. The predicted molar refractivity (Wildman–Crippen MR) is 95.5 cm³/mol. The zero-order valence-electron chi connectivity index (χ0n) is 13.8. The Balaban J connectivity index is 1.60. The molecule has 1 aliphatic heterocycles. The Labute approximate surface area is 146 Å². The molecule has 1 fully saturated rings. The SMILES string of the molecule is CN(CC(=O)N1CCC[C@@H]1c1ccsc1)Cc1cccc(C#N)c1. The highest BCUT2D eigenvalue weighted by Gasteiger charge is 2.30. The molecule has 0 saturated carbocycles. The fourth-order valence-corrected chi connectivity index (χ4v) is 4.01. The van der Waals surface area contributed by atoms with Gasteiger partial charge in [-0.15, -0.1) is 0 Å². The van der Waals surface area contributed by atoms with Crippen molar-refractivity contribution in [3.8, 4) is 6.07 Å². The smallest absolute Gasteiger partial charge is 0.237 e. The van der Waals surface area contributed by atoms with Crippen LogP contribution in [0.2, 0.25) is 0 Å². The summed E-state index contributed by atoms with van der Waals surface area (Å²) in [5, 5.41) is 13.2. The first kappa shape index (κ1) is 16.7. The van der Waals surface area contributed by atoms with Crippen LogP contribution in [0, 0.1) is 11.3 Å². The predicted octanol–water partition coefficient (Wildman–Crippen LogP) is 3.42. The zero-order chi connectivity index (χ0) is 16.9. The first-order chi connectivity index (χ1) is 11.7. The van der Waals surface area contributed by atoms with Crippen molar-refractivity contribution >= 4 is 17.2 Å². The highest BCUT2D eigenvalue weighted by atomic mass is 32.1. The molecule has 0 N–H and O–H groups in total. The maximum atomic E-state index is 12.7. The quantitative estimate of drug-likeness (QED) is 0.838. The van der Waals surface area contributed by atoms with Gasteiger partial charge in [-0.1, -0.05) is 12.1 Å². The molecule has 124 valence electrons. The number of rotatable bonds is 5. The number of carbonyl (C=O) groups is 1. The summed E-state index contributed by atoms with van der Waals surface area (Å²) in [7, 11) is 1.95. The molecule has 1 aromatic carbocycles. The third kappa shape index (κ3) is 3.84. The van der Waals surface area contributed by atoms with E-state index in [9.17, 15) is 4.79 Å². The van der Waals surface area contributed by atoms with Gasteiger partial charge in [-0.05, 0) is 60.0 Å². The van der Waals surface area contributed by atoms with Gasteiger partial charge in [0.2, 0.25) is 5.91 Å². The van der Waals surface area contributed by atoms with E-state index >= 15 is 0 Å². The third-order valence-electron chi connectivity index (χ3n) is 4.41. The largest absolute Gasteiger partial charge is 0.335 e. The molecular weight excluding hydrogens is 318 g/mol. The molecule has 2 aromatic rings. The van der Waals surface area contributed by atoms with Gasteiger partial charge < -0.3 is 4.90 Å². The third-order valence-corrected chi connectivity index (χ3v) is 5.12. The zero-order valence-corrected chi connectivity index (χ0v) is 14.6. The molecule has 24 heavy (non-hydrogen) atoms. The van der Waals surface area contributed by atoms with Gasteiger partial charge in [-0.25, -0.2) is 0 Å². The van der Waals surface area contributed by atoms with Crippen LogP contribution in [-0.4, -0.2) is 35.8 Å². The van der Waals surface area contributed by atoms with Crippen LogP contribution in [0.4, 0.5) is 0 Å². The number of likely N-dealkylation sites (N-methyl/N-ethyl adjacent to an activating group) is 1. The van der Waals surface area contributed by atoms with E-state index in [1.807, 2.05) is 35.0 Å². The summed E-state index contributed by atoms with van der Waals surface area (Å²) in [4.78, 5) is 16.7. The second kappa shape index (κ2) is 7.61. The average molecular weight is 339 g/mol. The number of nitriles is 1. The maximum Gasteiger partial charge on any atom is 0.237 e. The minimum absolute atomic E-state index is 0.183. The van der Waals surface area contributed by atoms with Gasteiger partial charge in [-0.2, -0.15) is 16.6 Å². The first-order valence-corrected chi connectivity index (χ1v) is 9.11. The van der Waals surface area contributed by atoms with Crippen molar-refractivity contribution in [3.05, 3.63) is 57.8 Å². The van der Waals surface area contributed by atoms with Crippen molar-refractivity contribution in [2.75, 3.05) is 20.1 Å². The fourth-order valence-electron chi connectivity index (χ4n) is 3.30. The summed E-state index contributed by atoms with van der Waals surface area (Å²) in [6, 6.07) is 12.1. The van der Waals surface area contributed by atoms with E-state index in [4.69, 9.17) is 5.26 Å². The van der Waals surface area contributed by atoms with Crippen molar-refractivity contribution in [3.63, 3.8) is 0 Å². The summed E-state index contributed by atoms with van der Waals surface area (Å²) in [6.07, 6.45) is 2.12. The van der Waals surface area contributed by atoms with E-state index in [0.29, 0.717) is 18.7 Å². The van der Waals surface area contributed by atoms with Crippen LogP contribution in [0.25, 0.3) is 0 Å². The topological polar surface area (TPSA) is 47.3 Å². The molecule has 5 heteroatoms. The number of likely N-dealkylation sites (tertiary alicyclic amines) is 1. The molecule has 0 aliphatic carbocycles. The van der Waals surface area contributed by atoms with Crippen molar-refractivity contribution in [1.29, 1.82) is 5.26 Å². The molecule has 3 rings (SSSR count). The van der Waals surface area contributed by atoms with Gasteiger partial charge in [0.1, 0.15) is 0 Å². The van der Waals surface area contributed by atoms with Crippen LogP contribution in [0.3, 0.4) is 0 Å². The molecular formula is C19H21N3OS. The Morgan fingerprint density at radius 1 is 1.46 bits per heavy atom. The number of hydrogen-bond acceptors (Lipinski definition) is 4. The highest BCUT2D eigenvalue weighted by molar-refractivity contribution is 7.07. The number of amides is 1. The lowest BCUT2D eigenvalue weighted by Gasteiger charge is -2.27. The minimum atomic E-state index is 0.183. The van der Waals surface area contributed by atoms with Gasteiger partial charge in [0.05, 0.1) is 24.2 Å². The van der Waals surface area contributed by atoms with Crippen LogP contribution >= 0.6 is 11.3 Å². The Bertz CT molecular complexity index is 735. The Kier molecular flexibility index (Phi) is 5.29. The molecule has 4 nitrogen and oxygen atoms in total. The summed E-state index contributed by atoms with van der Waals surface area (Å²) < 4.78 is 0. The standard InChI is InChI=1S/C19H21N3OS/c1-21(12-16-5-2-4-15(10-16)11-20)13-19(23)22-8-3-6-18(22)17-7-9-24-14-17/h2,4-5,7,9-10,14,18H,3,6,8,12-13H2,1H3/t18-/m1/s1. The molecule has 1 amide bonds. The number of benzene rings is 1. The van der Waals surface area contributed by atoms with Crippen LogP contribution in [0.1, 0.15) is 35.6 Å². The molecule has 0 spiro atoms. The lowest BCUT2D eigenvalue weighted by atomic mass is 10.1. The number of carbonyl (C=O) groups excluding carboxylic acids is 1. The van der Waals surface area contributed by atoms with Crippen molar-refractivity contribution < 1.29 is 4.79 Å². The minimum Gasteiger partial charge on any atom is -0.335 e. The Hall–Kier alpha value is -2.16. The van der Waals surface area contributed by atoms with E-state index in [2.05, 4.69) is 22.9 Å². The second-order valence-corrected chi connectivity index (χ2v) is 7.07. The van der Waals surface area contributed by atoms with Crippen LogP contribution < -0.4 is 0 Å². The average Bonchev–Trinajstić information content (AvgIpc) is 3.25. The summed E-state index contributed by atoms with van der Waals surface area (Å²) >= 11 is 1.68. The van der Waals surface area contributed by atoms with Gasteiger partial charge in [0.15, 0.2) is 0 Å². The number of thiophene rings is 1. The molecule has 1 aromatic heterocycles. The van der Waals surface area contributed by atoms with E-state index in [-0.39, 0.29) is 11.9 Å². The normalized spacial score (nSPS) is 17.2. The van der Waals surface area contributed by atoms with Gasteiger partial charge in [0.25, 0.3) is 0 Å². The van der Waals surface area contributed by atoms with Crippen molar-refractivity contribution in [1.82, 2.24) is 9.80 Å². The molecule has 0 radical (unpaired) electrons. The lowest BCUT2D eigenvalue weighted by molar-refractivity contribution is -0.133. The molecule has 1 atom stereocenters. The molecule has 1 saturated heterocycles. The lowest BCUT2D eigenvalue weighted by Crippen LogP contribution is -2.38. The second-order valence-electron chi connectivity index (χ2n) is 6.29. The molecule has 1 aliphatic rings. The summed E-state index contributed by atoms with van der Waals surface area (Å²) in [5.74, 6) is 0.183. The van der Waals surface area contributed by atoms with Crippen LogP contribution in [0.15, 0.2) is 41.1 Å². The van der Waals surface area contributed by atoms with Gasteiger partial charge in [0, 0.05) is 13.1 Å². The number of hydrogen-bond donors (Lipinski definition) is 0. The maximum absolute atomic E-state index is 12.7. The first-order valence-electron chi connectivity index (χ1n) is 8.16. The summed E-state index contributed by atoms with van der Waals surface area (Å²) in [6.45, 7) is 1.91. The molecule has 0 unspecified atom stereocenters. The van der Waals surface area contributed by atoms with Crippen LogP contribution in [-0.2, 0) is 11.3 Å². The van der Waals surface area contributed by atoms with Crippen LogP contribution in [0.5, 0.6) is 0 Å². The van der Waals surface area contributed by atoms with Crippen molar-refractivity contribution in [2.24, 2.45) is 0 Å². The van der Waals surface area contributed by atoms with Crippen molar-refractivity contribution in [2.45, 2.75) is 25.4 Å². The van der Waals surface area contributed by atoms with E-state index in [0.717, 1.165) is 24.9 Å². The monoisotopic (exact) mass is 339 g/mol. The molecule has 2 heterocycles. The highest BCUT2D eigenvalue weighted by Crippen LogP contribution is 2.33. The van der Waals surface area contributed by atoms with E-state index < -0.39 is 0 Å². The summed E-state index contributed by atoms with van der Waals surface area (Å²) in [5.41, 5.74) is 2.97.